The third-order valence-electron chi connectivity index (χ3n) is 2.07. The van der Waals surface area contributed by atoms with Crippen LogP contribution in [-0.2, 0) is 25.8 Å². The molecule has 82 valence electrons. The number of hydrogen-bond acceptors (Lipinski definition) is 0. The Morgan fingerprint density at radius 2 is 1.64 bits per heavy atom. The minimum absolute atomic E-state index is 0. The molecule has 0 aliphatic heterocycles. The van der Waals surface area contributed by atoms with Crippen LogP contribution in [0.25, 0.3) is 0 Å². The van der Waals surface area contributed by atoms with Crippen LogP contribution in [0.4, 0.5) is 0 Å². The summed E-state index contributed by atoms with van der Waals surface area (Å²) in [6.07, 6.45) is 5.71. The van der Waals surface area contributed by atoms with Crippen molar-refractivity contribution < 1.29 is 25.8 Å². The molecule has 0 N–H and O–H groups in total. The van der Waals surface area contributed by atoms with Crippen LogP contribution in [0.3, 0.4) is 0 Å². The van der Waals surface area contributed by atoms with Gasteiger partial charge in [0.2, 0.25) is 0 Å². The molecule has 0 saturated heterocycles. The van der Waals surface area contributed by atoms with E-state index in [2.05, 4.69) is 46.8 Å². The molecule has 0 spiro atoms. The smallest absolute Gasteiger partial charge is 0 e. The Bertz CT molecular complexity index is 224. The van der Waals surface area contributed by atoms with Gasteiger partial charge in [-0.15, -0.1) is 24.8 Å². The van der Waals surface area contributed by atoms with E-state index in [-0.39, 0.29) is 50.7 Å². The standard InChI is InChI=1S/C11H17.2ClH.Hf/c1-8-6-9(2)10(7-8)11(3,4)5;;;/h7-8H,1-5H3;2*1H;/q-1;;;. The third-order valence-corrected chi connectivity index (χ3v) is 2.07. The maximum absolute atomic E-state index is 3.40. The molecule has 0 aromatic carbocycles. The summed E-state index contributed by atoms with van der Waals surface area (Å²) in [6.45, 7) is 11.1. The molecule has 0 nitrogen and oxygen atoms in total. The summed E-state index contributed by atoms with van der Waals surface area (Å²) in [5, 5.41) is 0. The van der Waals surface area contributed by atoms with Gasteiger partial charge >= 0.3 is 0 Å². The van der Waals surface area contributed by atoms with Gasteiger partial charge in [-0.1, -0.05) is 46.0 Å². The van der Waals surface area contributed by atoms with Crippen molar-refractivity contribution in [2.75, 3.05) is 0 Å². The van der Waals surface area contributed by atoms with Gasteiger partial charge in [0.25, 0.3) is 0 Å². The molecule has 1 atom stereocenters. The Balaban J connectivity index is -0.000000403. The molecule has 0 radical (unpaired) electrons. The number of rotatable bonds is 0. The van der Waals surface area contributed by atoms with E-state index in [1.807, 2.05) is 0 Å². The molecule has 1 unspecified atom stereocenters. The SMILES string of the molecule is CC1=[C-]C(C)C=C1C(C)(C)C.Cl.Cl.[Hf]. The number of allylic oxidation sites excluding steroid dienone is 4. The zero-order valence-electron chi connectivity index (χ0n) is 9.47. The second-order valence-electron chi connectivity index (χ2n) is 4.39. The van der Waals surface area contributed by atoms with E-state index in [1.54, 1.807) is 0 Å². The molecule has 0 bridgehead atoms. The molecule has 0 aromatic heterocycles. The maximum Gasteiger partial charge on any atom is 0 e. The van der Waals surface area contributed by atoms with Crippen LogP contribution in [0.2, 0.25) is 0 Å². The first-order valence-corrected chi connectivity index (χ1v) is 4.24. The van der Waals surface area contributed by atoms with Crippen LogP contribution >= 0.6 is 24.8 Å². The first-order chi connectivity index (χ1) is 4.91. The minimum Gasteiger partial charge on any atom is -0.266 e. The van der Waals surface area contributed by atoms with Crippen LogP contribution in [0.5, 0.6) is 0 Å². The van der Waals surface area contributed by atoms with E-state index in [1.165, 1.54) is 11.1 Å². The van der Waals surface area contributed by atoms with Crippen molar-refractivity contribution in [3.8, 4) is 0 Å². The molecular formula is C11H19Cl2Hf-. The van der Waals surface area contributed by atoms with Gasteiger partial charge in [-0.05, 0) is 0 Å². The minimum atomic E-state index is 0. The van der Waals surface area contributed by atoms with Gasteiger partial charge < -0.3 is 0 Å². The molecule has 0 aromatic rings. The molecule has 14 heavy (non-hydrogen) atoms. The van der Waals surface area contributed by atoms with Gasteiger partial charge in [-0.25, -0.2) is 5.57 Å². The van der Waals surface area contributed by atoms with Crippen molar-refractivity contribution in [2.45, 2.75) is 34.6 Å². The summed E-state index contributed by atoms with van der Waals surface area (Å²) in [5.41, 5.74) is 3.09. The molecular weight excluding hydrogens is 382 g/mol. The van der Waals surface area contributed by atoms with Crippen LogP contribution in [-0.4, -0.2) is 0 Å². The molecule has 0 saturated carbocycles. The van der Waals surface area contributed by atoms with Crippen molar-refractivity contribution >= 4 is 24.8 Å². The monoisotopic (exact) mass is 401 g/mol. The maximum atomic E-state index is 3.40. The van der Waals surface area contributed by atoms with Gasteiger partial charge in [0.15, 0.2) is 0 Å². The Morgan fingerprint density at radius 1 is 1.21 bits per heavy atom. The largest absolute Gasteiger partial charge is 0.266 e. The Morgan fingerprint density at radius 3 is 1.79 bits per heavy atom. The van der Waals surface area contributed by atoms with Crippen molar-refractivity contribution in [1.29, 1.82) is 0 Å². The first kappa shape index (κ1) is 20.4. The van der Waals surface area contributed by atoms with Crippen LogP contribution in [0.15, 0.2) is 17.2 Å². The molecule has 0 fully saturated rings. The van der Waals surface area contributed by atoms with E-state index in [0.717, 1.165) is 0 Å². The molecule has 1 aliphatic carbocycles. The van der Waals surface area contributed by atoms with Gasteiger partial charge in [0.05, 0.1) is 0 Å². The van der Waals surface area contributed by atoms with Gasteiger partial charge in [0, 0.05) is 25.8 Å². The summed E-state index contributed by atoms with van der Waals surface area (Å²) >= 11 is 0. The van der Waals surface area contributed by atoms with E-state index in [4.69, 9.17) is 0 Å². The molecule has 1 rings (SSSR count). The fourth-order valence-electron chi connectivity index (χ4n) is 1.65. The number of hydrogen-bond donors (Lipinski definition) is 0. The topological polar surface area (TPSA) is 0 Å². The zero-order chi connectivity index (χ0) is 8.65. The second kappa shape index (κ2) is 7.24. The Labute approximate surface area is 119 Å². The number of halogens is 2. The van der Waals surface area contributed by atoms with Crippen LogP contribution in [0.1, 0.15) is 34.6 Å². The van der Waals surface area contributed by atoms with Crippen molar-refractivity contribution in [2.24, 2.45) is 11.3 Å². The Hall–Kier alpha value is 0.930. The normalized spacial score (nSPS) is 19.6. The van der Waals surface area contributed by atoms with Crippen molar-refractivity contribution in [3.63, 3.8) is 0 Å². The van der Waals surface area contributed by atoms with Crippen LogP contribution in [0, 0.1) is 17.4 Å². The van der Waals surface area contributed by atoms with Crippen molar-refractivity contribution in [3.05, 3.63) is 23.3 Å². The second-order valence-corrected chi connectivity index (χ2v) is 4.39. The quantitative estimate of drug-likeness (QED) is 0.422. The van der Waals surface area contributed by atoms with E-state index >= 15 is 0 Å². The average Bonchev–Trinajstić information content (AvgIpc) is 2.08. The van der Waals surface area contributed by atoms with Gasteiger partial charge in [-0.2, -0.15) is 11.6 Å². The van der Waals surface area contributed by atoms with E-state index in [9.17, 15) is 0 Å². The summed E-state index contributed by atoms with van der Waals surface area (Å²) in [6, 6.07) is 0. The summed E-state index contributed by atoms with van der Waals surface area (Å²) in [5.74, 6) is 0.518. The summed E-state index contributed by atoms with van der Waals surface area (Å²) in [4.78, 5) is 0. The summed E-state index contributed by atoms with van der Waals surface area (Å²) in [7, 11) is 0. The van der Waals surface area contributed by atoms with Gasteiger partial charge in [0.1, 0.15) is 0 Å². The Kier molecular flexibility index (Phi) is 10.5. The molecule has 0 amide bonds. The first-order valence-electron chi connectivity index (χ1n) is 4.24. The zero-order valence-corrected chi connectivity index (χ0v) is 14.7. The predicted molar refractivity (Wildman–Crippen MR) is 63.6 cm³/mol. The molecule has 1 aliphatic rings. The molecule has 3 heteroatoms. The van der Waals surface area contributed by atoms with Crippen LogP contribution < -0.4 is 0 Å². The van der Waals surface area contributed by atoms with Crippen molar-refractivity contribution in [1.82, 2.24) is 0 Å². The van der Waals surface area contributed by atoms with E-state index < -0.39 is 0 Å². The van der Waals surface area contributed by atoms with E-state index in [0.29, 0.717) is 11.3 Å². The van der Waals surface area contributed by atoms with Gasteiger partial charge in [-0.3, -0.25) is 6.08 Å². The third kappa shape index (κ3) is 5.14. The summed E-state index contributed by atoms with van der Waals surface area (Å²) < 4.78 is 0. The predicted octanol–water partition coefficient (Wildman–Crippen LogP) is 4.20. The molecule has 0 heterocycles. The fourth-order valence-corrected chi connectivity index (χ4v) is 1.65. The average molecular weight is 401 g/mol. The fraction of sp³-hybridized carbons (Fsp3) is 0.636.